The summed E-state index contributed by atoms with van der Waals surface area (Å²) in [7, 11) is 0. The van der Waals surface area contributed by atoms with E-state index in [1.165, 1.54) is 32.1 Å². The Hall–Kier alpha value is -0.870. The number of nitrogens with one attached hydrogen (secondary N) is 1. The molecule has 1 atom stereocenters. The third kappa shape index (κ3) is 2.38. The van der Waals surface area contributed by atoms with Crippen molar-refractivity contribution in [2.75, 3.05) is 0 Å². The first-order valence-electron chi connectivity index (χ1n) is 6.68. The van der Waals surface area contributed by atoms with E-state index >= 15 is 0 Å². The largest absolute Gasteiger partial charge is 0.334 e. The zero-order valence-corrected chi connectivity index (χ0v) is 10.9. The maximum absolute atomic E-state index is 5.80. The monoisotopic (exact) mass is 236 g/mol. The van der Waals surface area contributed by atoms with Gasteiger partial charge in [-0.2, -0.15) is 0 Å². The van der Waals surface area contributed by atoms with Crippen LogP contribution in [0, 0.1) is 5.41 Å². The number of hydrogen-bond donors (Lipinski definition) is 2. The summed E-state index contributed by atoms with van der Waals surface area (Å²) in [6, 6.07) is 0.165. The van der Waals surface area contributed by atoms with Gasteiger partial charge in [-0.05, 0) is 25.2 Å². The lowest BCUT2D eigenvalue weighted by atomic mass is 9.70. The molecular formula is C13H24N4. The van der Waals surface area contributed by atoms with E-state index in [4.69, 9.17) is 5.84 Å². The Balaban J connectivity index is 2.26. The zero-order chi connectivity index (χ0) is 12.3. The molecule has 1 saturated carbocycles. The number of nitrogens with zero attached hydrogens (tertiary/aromatic N) is 2. The van der Waals surface area contributed by atoms with Crippen molar-refractivity contribution < 1.29 is 0 Å². The van der Waals surface area contributed by atoms with Crippen LogP contribution < -0.4 is 11.3 Å². The van der Waals surface area contributed by atoms with Crippen molar-refractivity contribution in [1.82, 2.24) is 15.0 Å². The summed E-state index contributed by atoms with van der Waals surface area (Å²) in [5.41, 5.74) is 3.25. The smallest absolute Gasteiger partial charge is 0.127 e. The van der Waals surface area contributed by atoms with Crippen LogP contribution >= 0.6 is 0 Å². The number of aromatic nitrogens is 2. The van der Waals surface area contributed by atoms with Crippen molar-refractivity contribution >= 4 is 0 Å². The Morgan fingerprint density at radius 1 is 1.47 bits per heavy atom. The molecule has 96 valence electrons. The fourth-order valence-corrected chi connectivity index (χ4v) is 3.08. The van der Waals surface area contributed by atoms with Crippen LogP contribution in [0.2, 0.25) is 0 Å². The molecular weight excluding hydrogens is 212 g/mol. The van der Waals surface area contributed by atoms with E-state index in [0.717, 1.165) is 12.4 Å². The van der Waals surface area contributed by atoms with Crippen LogP contribution in [0.25, 0.3) is 0 Å². The number of hydrazine groups is 1. The van der Waals surface area contributed by atoms with Crippen LogP contribution in [0.4, 0.5) is 0 Å². The lowest BCUT2D eigenvalue weighted by Gasteiger charge is -2.40. The van der Waals surface area contributed by atoms with Gasteiger partial charge < -0.3 is 4.57 Å². The van der Waals surface area contributed by atoms with Crippen LogP contribution in [0.15, 0.2) is 12.4 Å². The molecule has 0 saturated heterocycles. The van der Waals surface area contributed by atoms with Crippen LogP contribution in [0.5, 0.6) is 0 Å². The van der Waals surface area contributed by atoms with Crippen LogP contribution in [0.1, 0.15) is 57.8 Å². The second-order valence-electron chi connectivity index (χ2n) is 5.39. The van der Waals surface area contributed by atoms with Gasteiger partial charge in [-0.15, -0.1) is 0 Å². The number of aryl methyl sites for hydroxylation is 1. The van der Waals surface area contributed by atoms with E-state index < -0.39 is 0 Å². The summed E-state index contributed by atoms with van der Waals surface area (Å²) in [5, 5.41) is 0. The fourth-order valence-electron chi connectivity index (χ4n) is 3.08. The van der Waals surface area contributed by atoms with Crippen molar-refractivity contribution in [3.63, 3.8) is 0 Å². The lowest BCUT2D eigenvalue weighted by molar-refractivity contribution is 0.137. The average Bonchev–Trinajstić information content (AvgIpc) is 2.79. The van der Waals surface area contributed by atoms with E-state index in [9.17, 15) is 0 Å². The molecule has 1 unspecified atom stereocenters. The molecule has 1 fully saturated rings. The van der Waals surface area contributed by atoms with E-state index in [2.05, 4.69) is 28.8 Å². The Labute approximate surface area is 104 Å². The second kappa shape index (κ2) is 5.19. The van der Waals surface area contributed by atoms with Gasteiger partial charge in [0.2, 0.25) is 0 Å². The van der Waals surface area contributed by atoms with E-state index in [-0.39, 0.29) is 11.5 Å². The quantitative estimate of drug-likeness (QED) is 0.623. The minimum Gasteiger partial charge on any atom is -0.334 e. The zero-order valence-electron chi connectivity index (χ0n) is 10.9. The van der Waals surface area contributed by atoms with Crippen molar-refractivity contribution in [1.29, 1.82) is 0 Å². The SMILES string of the molecule is CCn1ccnc1C(NN)C1(C)CCCCC1. The molecule has 1 aliphatic rings. The standard InChI is InChI=1S/C13H24N4/c1-3-17-10-9-15-12(17)11(16-14)13(2)7-5-4-6-8-13/h9-11,16H,3-8,14H2,1-2H3. The summed E-state index contributed by atoms with van der Waals surface area (Å²) in [6.45, 7) is 5.43. The highest BCUT2D eigenvalue weighted by Crippen LogP contribution is 2.44. The van der Waals surface area contributed by atoms with Gasteiger partial charge in [-0.3, -0.25) is 5.84 Å². The number of hydrogen-bond acceptors (Lipinski definition) is 3. The highest BCUT2D eigenvalue weighted by atomic mass is 15.3. The summed E-state index contributed by atoms with van der Waals surface area (Å²) in [4.78, 5) is 4.50. The molecule has 2 rings (SSSR count). The first kappa shape index (κ1) is 12.6. The van der Waals surface area contributed by atoms with Gasteiger partial charge in [0.1, 0.15) is 5.82 Å². The lowest BCUT2D eigenvalue weighted by Crippen LogP contribution is -2.42. The van der Waals surface area contributed by atoms with E-state index in [1.54, 1.807) is 0 Å². The van der Waals surface area contributed by atoms with Gasteiger partial charge >= 0.3 is 0 Å². The molecule has 4 nitrogen and oxygen atoms in total. The minimum atomic E-state index is 0.165. The highest BCUT2D eigenvalue weighted by molar-refractivity contribution is 5.05. The van der Waals surface area contributed by atoms with Crippen molar-refractivity contribution in [2.45, 2.75) is 58.5 Å². The third-order valence-electron chi connectivity index (χ3n) is 4.21. The van der Waals surface area contributed by atoms with Crippen LogP contribution in [-0.4, -0.2) is 9.55 Å². The van der Waals surface area contributed by atoms with Gasteiger partial charge in [-0.1, -0.05) is 26.2 Å². The normalized spacial score (nSPS) is 21.4. The first-order valence-corrected chi connectivity index (χ1v) is 6.68. The van der Waals surface area contributed by atoms with Crippen LogP contribution in [-0.2, 0) is 6.54 Å². The van der Waals surface area contributed by atoms with Crippen molar-refractivity contribution in [2.24, 2.45) is 11.3 Å². The highest BCUT2D eigenvalue weighted by Gasteiger charge is 2.37. The molecule has 1 aromatic heterocycles. The summed E-state index contributed by atoms with van der Waals surface area (Å²) in [6.07, 6.45) is 10.3. The maximum atomic E-state index is 5.80. The second-order valence-corrected chi connectivity index (χ2v) is 5.39. The number of rotatable bonds is 4. The molecule has 0 aliphatic heterocycles. The molecule has 3 N–H and O–H groups in total. The van der Waals surface area contributed by atoms with Crippen LogP contribution in [0.3, 0.4) is 0 Å². The number of nitrogens with two attached hydrogens (primary N) is 1. The first-order chi connectivity index (χ1) is 8.21. The molecule has 0 aromatic carbocycles. The van der Waals surface area contributed by atoms with E-state index in [0.29, 0.717) is 0 Å². The predicted octanol–water partition coefficient (Wildman–Crippen LogP) is 2.38. The topological polar surface area (TPSA) is 55.9 Å². The molecule has 1 heterocycles. The Bertz CT molecular complexity index is 352. The molecule has 4 heteroatoms. The molecule has 1 aromatic rings. The van der Waals surface area contributed by atoms with Crippen molar-refractivity contribution in [3.05, 3.63) is 18.2 Å². The summed E-state index contributed by atoms with van der Waals surface area (Å²) in [5.74, 6) is 6.88. The minimum absolute atomic E-state index is 0.165. The predicted molar refractivity (Wildman–Crippen MR) is 69.2 cm³/mol. The van der Waals surface area contributed by atoms with Gasteiger partial charge in [0.15, 0.2) is 0 Å². The fraction of sp³-hybridized carbons (Fsp3) is 0.769. The molecule has 0 radical (unpaired) electrons. The van der Waals surface area contributed by atoms with Gasteiger partial charge in [0, 0.05) is 18.9 Å². The molecule has 17 heavy (non-hydrogen) atoms. The average molecular weight is 236 g/mol. The van der Waals surface area contributed by atoms with Crippen molar-refractivity contribution in [3.8, 4) is 0 Å². The maximum Gasteiger partial charge on any atom is 0.127 e. The molecule has 0 amide bonds. The van der Waals surface area contributed by atoms with Gasteiger partial charge in [0.25, 0.3) is 0 Å². The summed E-state index contributed by atoms with van der Waals surface area (Å²) >= 11 is 0. The third-order valence-corrected chi connectivity index (χ3v) is 4.21. The molecule has 1 aliphatic carbocycles. The number of imidazole rings is 1. The van der Waals surface area contributed by atoms with Gasteiger partial charge in [0.05, 0.1) is 6.04 Å². The van der Waals surface area contributed by atoms with Gasteiger partial charge in [-0.25, -0.2) is 10.4 Å². The Morgan fingerprint density at radius 2 is 2.18 bits per heavy atom. The summed E-state index contributed by atoms with van der Waals surface area (Å²) < 4.78 is 2.18. The Kier molecular flexibility index (Phi) is 3.84. The van der Waals surface area contributed by atoms with E-state index in [1.807, 2.05) is 12.4 Å². The Morgan fingerprint density at radius 3 is 2.76 bits per heavy atom. The molecule has 0 spiro atoms. The molecule has 0 bridgehead atoms.